The van der Waals surface area contributed by atoms with Gasteiger partial charge in [0.25, 0.3) is 0 Å². The van der Waals surface area contributed by atoms with Gasteiger partial charge in [-0.25, -0.2) is 14.5 Å². The average molecular weight is 434 g/mol. The lowest BCUT2D eigenvalue weighted by atomic mass is 10.1. The van der Waals surface area contributed by atoms with Crippen molar-refractivity contribution in [3.8, 4) is 0 Å². The number of carbonyl (C=O) groups is 2. The molecule has 0 aliphatic carbocycles. The van der Waals surface area contributed by atoms with Crippen molar-refractivity contribution in [3.63, 3.8) is 0 Å². The number of hydrogen-bond acceptors (Lipinski definition) is 3. The SMILES string of the molecule is Cc1ccc(CN2C(=O)N(C(C)(C)C)C(=O)NC2Nc2cccc(C(F)(F)F)c2)cc1. The van der Waals surface area contributed by atoms with E-state index in [1.807, 2.05) is 31.2 Å². The van der Waals surface area contributed by atoms with Gasteiger partial charge in [0.2, 0.25) is 0 Å². The van der Waals surface area contributed by atoms with Crippen LogP contribution >= 0.6 is 0 Å². The van der Waals surface area contributed by atoms with Crippen LogP contribution in [0.3, 0.4) is 0 Å². The summed E-state index contributed by atoms with van der Waals surface area (Å²) in [5.41, 5.74) is 0.392. The van der Waals surface area contributed by atoms with E-state index in [-0.39, 0.29) is 12.2 Å². The lowest BCUT2D eigenvalue weighted by molar-refractivity contribution is -0.137. The van der Waals surface area contributed by atoms with E-state index in [1.165, 1.54) is 17.0 Å². The monoisotopic (exact) mass is 434 g/mol. The fraction of sp³-hybridized carbons (Fsp3) is 0.364. The summed E-state index contributed by atoms with van der Waals surface area (Å²) in [6.07, 6.45) is -5.53. The quantitative estimate of drug-likeness (QED) is 0.699. The Kier molecular flexibility index (Phi) is 5.89. The third-order valence-corrected chi connectivity index (χ3v) is 4.85. The zero-order valence-electron chi connectivity index (χ0n) is 17.7. The Morgan fingerprint density at radius 3 is 2.26 bits per heavy atom. The molecule has 31 heavy (non-hydrogen) atoms. The first-order valence-electron chi connectivity index (χ1n) is 9.77. The van der Waals surface area contributed by atoms with Crippen molar-refractivity contribution in [1.82, 2.24) is 15.1 Å². The first-order valence-corrected chi connectivity index (χ1v) is 9.77. The topological polar surface area (TPSA) is 64.7 Å². The van der Waals surface area contributed by atoms with E-state index in [1.54, 1.807) is 20.8 Å². The molecule has 1 atom stereocenters. The zero-order chi connectivity index (χ0) is 23.0. The number of rotatable bonds is 4. The summed E-state index contributed by atoms with van der Waals surface area (Å²) in [5, 5.41) is 5.55. The molecule has 0 bridgehead atoms. The molecule has 2 aromatic rings. The van der Waals surface area contributed by atoms with E-state index < -0.39 is 35.6 Å². The molecule has 1 unspecified atom stereocenters. The van der Waals surface area contributed by atoms with Gasteiger partial charge in [-0.1, -0.05) is 35.9 Å². The van der Waals surface area contributed by atoms with Gasteiger partial charge in [0.15, 0.2) is 6.29 Å². The minimum atomic E-state index is -4.51. The van der Waals surface area contributed by atoms with Crippen LogP contribution in [0.25, 0.3) is 0 Å². The number of alkyl halides is 3. The minimum Gasteiger partial charge on any atom is -0.348 e. The molecule has 166 valence electrons. The highest BCUT2D eigenvalue weighted by atomic mass is 19.4. The van der Waals surface area contributed by atoms with Crippen molar-refractivity contribution in [2.45, 2.75) is 52.2 Å². The summed E-state index contributed by atoms with van der Waals surface area (Å²) in [4.78, 5) is 28.4. The van der Waals surface area contributed by atoms with Crippen molar-refractivity contribution in [2.75, 3.05) is 5.32 Å². The van der Waals surface area contributed by atoms with Crippen LogP contribution in [0.15, 0.2) is 48.5 Å². The second-order valence-electron chi connectivity index (χ2n) is 8.48. The highest BCUT2D eigenvalue weighted by Crippen LogP contribution is 2.31. The fourth-order valence-corrected chi connectivity index (χ4v) is 3.28. The number of nitrogens with one attached hydrogen (secondary N) is 2. The van der Waals surface area contributed by atoms with Crippen molar-refractivity contribution >= 4 is 17.7 Å². The van der Waals surface area contributed by atoms with E-state index in [9.17, 15) is 22.8 Å². The predicted octanol–water partition coefficient (Wildman–Crippen LogP) is 5.16. The van der Waals surface area contributed by atoms with Crippen LogP contribution in [0.5, 0.6) is 0 Å². The maximum absolute atomic E-state index is 13.3. The lowest BCUT2D eigenvalue weighted by Crippen LogP contribution is -2.70. The summed E-state index contributed by atoms with van der Waals surface area (Å²) < 4.78 is 39.2. The molecule has 1 aliphatic rings. The Balaban J connectivity index is 1.93. The molecule has 0 spiro atoms. The van der Waals surface area contributed by atoms with E-state index in [4.69, 9.17) is 0 Å². The van der Waals surface area contributed by atoms with Gasteiger partial charge in [-0.15, -0.1) is 0 Å². The molecule has 4 amide bonds. The summed E-state index contributed by atoms with van der Waals surface area (Å²) >= 11 is 0. The molecule has 2 aromatic carbocycles. The van der Waals surface area contributed by atoms with Gasteiger partial charge in [-0.3, -0.25) is 10.2 Å². The number of halogens is 3. The van der Waals surface area contributed by atoms with Crippen molar-refractivity contribution in [3.05, 3.63) is 65.2 Å². The Morgan fingerprint density at radius 2 is 1.68 bits per heavy atom. The summed E-state index contributed by atoms with van der Waals surface area (Å²) in [6, 6.07) is 11.0. The van der Waals surface area contributed by atoms with Gasteiger partial charge in [0.1, 0.15) is 0 Å². The molecule has 0 saturated carbocycles. The van der Waals surface area contributed by atoms with Crippen LogP contribution < -0.4 is 10.6 Å². The van der Waals surface area contributed by atoms with Crippen molar-refractivity contribution < 1.29 is 22.8 Å². The van der Waals surface area contributed by atoms with Gasteiger partial charge in [-0.2, -0.15) is 13.2 Å². The standard InChI is InChI=1S/C22H25F3N4O2/c1-14-8-10-15(11-9-14)13-28-18(27-19(30)29(20(28)31)21(2,3)4)26-17-7-5-6-16(12-17)22(23,24)25/h5-12,18,26H,13H2,1-4H3,(H,27,30). The highest BCUT2D eigenvalue weighted by Gasteiger charge is 2.43. The Morgan fingerprint density at radius 1 is 1.03 bits per heavy atom. The largest absolute Gasteiger partial charge is 0.416 e. The molecule has 1 aliphatic heterocycles. The van der Waals surface area contributed by atoms with E-state index >= 15 is 0 Å². The molecule has 1 saturated heterocycles. The number of aryl methyl sites for hydroxylation is 1. The Bertz CT molecular complexity index is 968. The van der Waals surface area contributed by atoms with Crippen LogP contribution in [-0.4, -0.2) is 33.7 Å². The van der Waals surface area contributed by atoms with Gasteiger partial charge in [0, 0.05) is 11.2 Å². The molecule has 1 fully saturated rings. The second-order valence-corrected chi connectivity index (χ2v) is 8.48. The summed E-state index contributed by atoms with van der Waals surface area (Å²) in [7, 11) is 0. The number of nitrogens with zero attached hydrogens (tertiary/aromatic N) is 2. The van der Waals surface area contributed by atoms with Crippen molar-refractivity contribution in [1.29, 1.82) is 0 Å². The highest BCUT2D eigenvalue weighted by molar-refractivity contribution is 5.97. The van der Waals surface area contributed by atoms with Gasteiger partial charge in [-0.05, 0) is 51.5 Å². The number of benzene rings is 2. The molecule has 6 nitrogen and oxygen atoms in total. The van der Waals surface area contributed by atoms with Gasteiger partial charge in [0.05, 0.1) is 12.1 Å². The number of imide groups is 1. The molecule has 0 aromatic heterocycles. The molecule has 2 N–H and O–H groups in total. The van der Waals surface area contributed by atoms with Crippen LogP contribution in [0.1, 0.15) is 37.5 Å². The Labute approximate surface area is 179 Å². The van der Waals surface area contributed by atoms with E-state index in [0.29, 0.717) is 0 Å². The first-order chi connectivity index (χ1) is 14.4. The summed E-state index contributed by atoms with van der Waals surface area (Å²) in [5.74, 6) is 0. The average Bonchev–Trinajstić information content (AvgIpc) is 2.64. The number of hydrogen-bond donors (Lipinski definition) is 2. The Hall–Kier alpha value is -3.23. The number of urea groups is 2. The number of amides is 4. The smallest absolute Gasteiger partial charge is 0.348 e. The zero-order valence-corrected chi connectivity index (χ0v) is 17.7. The number of carbonyl (C=O) groups excluding carboxylic acids is 2. The van der Waals surface area contributed by atoms with E-state index in [0.717, 1.165) is 28.2 Å². The fourth-order valence-electron chi connectivity index (χ4n) is 3.28. The molecule has 0 radical (unpaired) electrons. The molecular weight excluding hydrogens is 409 g/mol. The second kappa shape index (κ2) is 8.13. The van der Waals surface area contributed by atoms with Gasteiger partial charge >= 0.3 is 18.2 Å². The minimum absolute atomic E-state index is 0.131. The molecule has 1 heterocycles. The molecular formula is C22H25F3N4O2. The maximum atomic E-state index is 13.3. The maximum Gasteiger partial charge on any atom is 0.416 e. The third-order valence-electron chi connectivity index (χ3n) is 4.85. The van der Waals surface area contributed by atoms with E-state index in [2.05, 4.69) is 10.6 Å². The van der Waals surface area contributed by atoms with Crippen LogP contribution in [0.2, 0.25) is 0 Å². The number of anilines is 1. The van der Waals surface area contributed by atoms with Gasteiger partial charge < -0.3 is 5.32 Å². The molecule has 9 heteroatoms. The van der Waals surface area contributed by atoms with Crippen LogP contribution in [-0.2, 0) is 12.7 Å². The van der Waals surface area contributed by atoms with Crippen LogP contribution in [0.4, 0.5) is 28.4 Å². The van der Waals surface area contributed by atoms with Crippen LogP contribution in [0, 0.1) is 6.92 Å². The lowest BCUT2D eigenvalue weighted by Gasteiger charge is -2.45. The summed E-state index contributed by atoms with van der Waals surface area (Å²) in [6.45, 7) is 7.29. The normalized spacial score (nSPS) is 17.6. The predicted molar refractivity (Wildman–Crippen MR) is 111 cm³/mol. The first kappa shape index (κ1) is 22.5. The van der Waals surface area contributed by atoms with Crippen molar-refractivity contribution in [2.24, 2.45) is 0 Å². The molecule has 3 rings (SSSR count). The third kappa shape index (κ3) is 5.10.